The molecule has 2 atom stereocenters. The molecule has 2 heterocycles. The number of H-pyrrole nitrogens is 1. The van der Waals surface area contributed by atoms with Gasteiger partial charge in [-0.15, -0.1) is 0 Å². The van der Waals surface area contributed by atoms with Gasteiger partial charge >= 0.3 is 0 Å². The second-order valence-electron chi connectivity index (χ2n) is 8.03. The van der Waals surface area contributed by atoms with Gasteiger partial charge < -0.3 is 14.6 Å². The van der Waals surface area contributed by atoms with E-state index in [1.54, 1.807) is 12.1 Å². The summed E-state index contributed by atoms with van der Waals surface area (Å²) in [5, 5.41) is 0.859. The maximum absolute atomic E-state index is 14.0. The van der Waals surface area contributed by atoms with E-state index in [0.717, 1.165) is 47.0 Å². The Bertz CT molecular complexity index is 1030. The van der Waals surface area contributed by atoms with E-state index in [1.807, 2.05) is 35.2 Å². The molecule has 29 heavy (non-hydrogen) atoms. The number of ether oxygens (including phenoxy) is 1. The molecular weight excluding hydrogens is 367 g/mol. The number of hydrogen-bond donors (Lipinski definition) is 1. The molecule has 0 spiro atoms. The fourth-order valence-corrected chi connectivity index (χ4v) is 4.94. The van der Waals surface area contributed by atoms with Gasteiger partial charge in [-0.3, -0.25) is 4.79 Å². The van der Waals surface area contributed by atoms with Crippen LogP contribution in [0.25, 0.3) is 22.2 Å². The van der Waals surface area contributed by atoms with E-state index in [-0.39, 0.29) is 23.9 Å². The third kappa shape index (κ3) is 3.44. The summed E-state index contributed by atoms with van der Waals surface area (Å²) in [7, 11) is 0. The van der Waals surface area contributed by atoms with Crippen LogP contribution in [0.5, 0.6) is 0 Å². The van der Waals surface area contributed by atoms with Gasteiger partial charge in [-0.2, -0.15) is 0 Å². The number of carbonyl (C=O) groups excluding carboxylic acids is 1. The minimum absolute atomic E-state index is 0.176. The summed E-state index contributed by atoms with van der Waals surface area (Å²) in [5.41, 5.74) is 3.93. The topological polar surface area (TPSA) is 45.3 Å². The van der Waals surface area contributed by atoms with Crippen LogP contribution in [-0.4, -0.2) is 41.1 Å². The minimum Gasteiger partial charge on any atom is -0.374 e. The van der Waals surface area contributed by atoms with Crippen molar-refractivity contribution in [1.29, 1.82) is 0 Å². The first-order valence-corrected chi connectivity index (χ1v) is 10.5. The summed E-state index contributed by atoms with van der Waals surface area (Å²) in [6.07, 6.45) is 4.42. The molecule has 2 fully saturated rings. The third-order valence-electron chi connectivity index (χ3n) is 6.32. The number of aromatic amines is 1. The van der Waals surface area contributed by atoms with Crippen LogP contribution in [0, 0.1) is 5.82 Å². The van der Waals surface area contributed by atoms with Crippen LogP contribution >= 0.6 is 0 Å². The average Bonchev–Trinajstić information content (AvgIpc) is 3.37. The molecule has 2 aromatic carbocycles. The molecule has 5 rings (SSSR count). The first kappa shape index (κ1) is 18.4. The molecule has 2 aliphatic rings. The molecule has 1 saturated heterocycles. The average molecular weight is 392 g/mol. The second-order valence-corrected chi connectivity index (χ2v) is 8.03. The number of rotatable bonds is 4. The first-order chi connectivity index (χ1) is 14.2. The zero-order chi connectivity index (χ0) is 19.8. The Morgan fingerprint density at radius 3 is 2.90 bits per heavy atom. The van der Waals surface area contributed by atoms with Crippen molar-refractivity contribution in [3.05, 3.63) is 59.9 Å². The van der Waals surface area contributed by atoms with E-state index in [2.05, 4.69) is 4.98 Å². The highest BCUT2D eigenvalue weighted by Crippen LogP contribution is 2.33. The van der Waals surface area contributed by atoms with Crippen LogP contribution in [0.4, 0.5) is 4.39 Å². The Kier molecular flexibility index (Phi) is 4.84. The number of nitrogens with zero attached hydrogens (tertiary/aromatic N) is 1. The van der Waals surface area contributed by atoms with Gasteiger partial charge in [0, 0.05) is 29.6 Å². The van der Waals surface area contributed by atoms with E-state index in [4.69, 9.17) is 4.74 Å². The molecule has 5 heteroatoms. The van der Waals surface area contributed by atoms with E-state index >= 15 is 0 Å². The number of halogens is 1. The molecular formula is C24H25FN2O2. The molecule has 1 saturated carbocycles. The van der Waals surface area contributed by atoms with Crippen molar-refractivity contribution in [2.24, 2.45) is 0 Å². The van der Waals surface area contributed by atoms with Crippen molar-refractivity contribution in [2.45, 2.75) is 44.2 Å². The van der Waals surface area contributed by atoms with E-state index in [9.17, 15) is 9.18 Å². The second kappa shape index (κ2) is 7.64. The quantitative estimate of drug-likeness (QED) is 0.700. The smallest absolute Gasteiger partial charge is 0.223 e. The molecule has 150 valence electrons. The molecule has 1 amide bonds. The predicted octanol–water partition coefficient (Wildman–Crippen LogP) is 4.69. The highest BCUT2D eigenvalue weighted by atomic mass is 19.1. The first-order valence-electron chi connectivity index (χ1n) is 10.5. The zero-order valence-electron chi connectivity index (χ0n) is 16.4. The maximum atomic E-state index is 14.0. The SMILES string of the molecule is O=C(CCc1c(-c2ccccc2)[nH]c2ccc(F)cc12)N1CCO[C@H]2CCC[C@H]21. The largest absolute Gasteiger partial charge is 0.374 e. The minimum atomic E-state index is -0.259. The molecule has 0 bridgehead atoms. The van der Waals surface area contributed by atoms with Crippen molar-refractivity contribution in [1.82, 2.24) is 9.88 Å². The summed E-state index contributed by atoms with van der Waals surface area (Å²) < 4.78 is 19.8. The molecule has 1 aromatic heterocycles. The van der Waals surface area contributed by atoms with Crippen LogP contribution in [0.2, 0.25) is 0 Å². The van der Waals surface area contributed by atoms with E-state index in [0.29, 0.717) is 26.0 Å². The summed E-state index contributed by atoms with van der Waals surface area (Å²) in [6, 6.07) is 15.1. The van der Waals surface area contributed by atoms with E-state index in [1.165, 1.54) is 6.07 Å². The Morgan fingerprint density at radius 1 is 1.17 bits per heavy atom. The predicted molar refractivity (Wildman–Crippen MR) is 111 cm³/mol. The Hall–Kier alpha value is -2.66. The Labute approximate surface area is 169 Å². The van der Waals surface area contributed by atoms with E-state index < -0.39 is 0 Å². The fraction of sp³-hybridized carbons (Fsp3) is 0.375. The maximum Gasteiger partial charge on any atom is 0.223 e. The van der Waals surface area contributed by atoms with Gasteiger partial charge in [0.15, 0.2) is 0 Å². The van der Waals surface area contributed by atoms with Crippen LogP contribution in [0.1, 0.15) is 31.2 Å². The van der Waals surface area contributed by atoms with Gasteiger partial charge in [0.1, 0.15) is 5.82 Å². The Morgan fingerprint density at radius 2 is 2.03 bits per heavy atom. The number of carbonyl (C=O) groups is 1. The number of amides is 1. The molecule has 0 unspecified atom stereocenters. The van der Waals surface area contributed by atoms with Gasteiger partial charge in [0.2, 0.25) is 5.91 Å². The van der Waals surface area contributed by atoms with Crippen LogP contribution in [0.15, 0.2) is 48.5 Å². The molecule has 1 N–H and O–H groups in total. The number of nitrogens with one attached hydrogen (secondary N) is 1. The molecule has 0 radical (unpaired) electrons. The highest BCUT2D eigenvalue weighted by Gasteiger charge is 2.38. The highest BCUT2D eigenvalue weighted by molar-refractivity contribution is 5.91. The zero-order valence-corrected chi connectivity index (χ0v) is 16.4. The lowest BCUT2D eigenvalue weighted by atomic mass is 10.00. The molecule has 3 aromatic rings. The lowest BCUT2D eigenvalue weighted by Crippen LogP contribution is -2.51. The molecule has 1 aliphatic carbocycles. The van der Waals surface area contributed by atoms with Crippen molar-refractivity contribution in [3.8, 4) is 11.3 Å². The van der Waals surface area contributed by atoms with Crippen molar-refractivity contribution < 1.29 is 13.9 Å². The lowest BCUT2D eigenvalue weighted by Gasteiger charge is -2.37. The number of benzene rings is 2. The van der Waals surface area contributed by atoms with Crippen LogP contribution < -0.4 is 0 Å². The van der Waals surface area contributed by atoms with Gasteiger partial charge in [0.25, 0.3) is 0 Å². The third-order valence-corrected chi connectivity index (χ3v) is 6.32. The number of fused-ring (bicyclic) bond motifs is 2. The van der Waals surface area contributed by atoms with Crippen molar-refractivity contribution >= 4 is 16.8 Å². The van der Waals surface area contributed by atoms with Gasteiger partial charge in [-0.05, 0) is 55.0 Å². The summed E-state index contributed by atoms with van der Waals surface area (Å²) in [5.74, 6) is -0.0828. The van der Waals surface area contributed by atoms with Crippen molar-refractivity contribution in [2.75, 3.05) is 13.2 Å². The number of hydrogen-bond acceptors (Lipinski definition) is 2. The van der Waals surface area contributed by atoms with Crippen molar-refractivity contribution in [3.63, 3.8) is 0 Å². The fourth-order valence-electron chi connectivity index (χ4n) is 4.94. The van der Waals surface area contributed by atoms with Crippen LogP contribution in [-0.2, 0) is 16.0 Å². The molecule has 4 nitrogen and oxygen atoms in total. The van der Waals surface area contributed by atoms with Crippen LogP contribution in [0.3, 0.4) is 0 Å². The summed E-state index contributed by atoms with van der Waals surface area (Å²) in [4.78, 5) is 18.5. The summed E-state index contributed by atoms with van der Waals surface area (Å²) >= 11 is 0. The number of aromatic nitrogens is 1. The number of morpholine rings is 1. The van der Waals surface area contributed by atoms with Gasteiger partial charge in [0.05, 0.1) is 18.8 Å². The van der Waals surface area contributed by atoms with Gasteiger partial charge in [-0.25, -0.2) is 4.39 Å². The normalized spacial score (nSPS) is 21.5. The Balaban J connectivity index is 1.43. The monoisotopic (exact) mass is 392 g/mol. The lowest BCUT2D eigenvalue weighted by molar-refractivity contribution is -0.143. The number of aryl methyl sites for hydroxylation is 1. The molecule has 1 aliphatic heterocycles. The van der Waals surface area contributed by atoms with Gasteiger partial charge in [-0.1, -0.05) is 30.3 Å². The summed E-state index contributed by atoms with van der Waals surface area (Å²) in [6.45, 7) is 1.30. The standard InChI is InChI=1S/C24H25FN2O2/c25-17-9-11-20-19(15-17)18(24(26-20)16-5-2-1-3-6-16)10-12-23(28)27-13-14-29-22-8-4-7-21(22)27/h1-3,5-6,9,11,15,21-22,26H,4,7-8,10,12-14H2/t21-,22+/m1/s1.